The van der Waals surface area contributed by atoms with Crippen molar-refractivity contribution in [2.45, 2.75) is 44.6 Å². The summed E-state index contributed by atoms with van der Waals surface area (Å²) in [5.74, 6) is 0.115. The third-order valence-electron chi connectivity index (χ3n) is 3.10. The Balaban J connectivity index is 1.84. The molecule has 0 aromatic rings. The van der Waals surface area contributed by atoms with Gasteiger partial charge in [0.05, 0.1) is 5.92 Å². The van der Waals surface area contributed by atoms with Crippen LogP contribution in [0.1, 0.15) is 39.0 Å². The Morgan fingerprint density at radius 2 is 2.00 bits per heavy atom. The highest BCUT2D eigenvalue weighted by Crippen LogP contribution is 2.36. The first-order valence-electron chi connectivity index (χ1n) is 5.07. The minimum Gasteiger partial charge on any atom is -0.459 e. The third-order valence-corrected chi connectivity index (χ3v) is 3.10. The van der Waals surface area contributed by atoms with Crippen LogP contribution >= 0.6 is 0 Å². The van der Waals surface area contributed by atoms with Crippen molar-refractivity contribution in [2.24, 2.45) is 5.92 Å². The molecular weight excluding hydrogens is 164 g/mol. The summed E-state index contributed by atoms with van der Waals surface area (Å²) >= 11 is 0. The summed E-state index contributed by atoms with van der Waals surface area (Å²) in [7, 11) is 0. The molecule has 2 aliphatic rings. The average molecular weight is 180 g/mol. The predicted molar refractivity (Wildman–Crippen MR) is 50.2 cm³/mol. The Labute approximate surface area is 79.0 Å². The van der Waals surface area contributed by atoms with Crippen molar-refractivity contribution < 1.29 is 9.53 Å². The second kappa shape index (κ2) is 3.17. The van der Waals surface area contributed by atoms with Gasteiger partial charge in [0.25, 0.3) is 0 Å². The number of carbonyl (C=O) groups excluding carboxylic acids is 1. The van der Waals surface area contributed by atoms with Gasteiger partial charge in [-0.2, -0.15) is 0 Å². The van der Waals surface area contributed by atoms with Gasteiger partial charge in [-0.25, -0.2) is 0 Å². The van der Waals surface area contributed by atoms with E-state index in [1.165, 1.54) is 6.42 Å². The van der Waals surface area contributed by atoms with Gasteiger partial charge in [-0.15, -0.1) is 0 Å². The molecule has 2 aliphatic carbocycles. The average Bonchev–Trinajstić information content (AvgIpc) is 2.53. The number of carbonyl (C=O) groups is 1. The molecule has 0 amide bonds. The molecule has 0 aromatic carbocycles. The molecule has 0 aliphatic heterocycles. The second-order valence-electron chi connectivity index (χ2n) is 4.36. The van der Waals surface area contributed by atoms with E-state index in [4.69, 9.17) is 4.74 Å². The van der Waals surface area contributed by atoms with E-state index >= 15 is 0 Å². The summed E-state index contributed by atoms with van der Waals surface area (Å²) in [6, 6.07) is 0. The van der Waals surface area contributed by atoms with E-state index in [1.54, 1.807) is 0 Å². The monoisotopic (exact) mass is 180 g/mol. The molecular formula is C11H16O2. The lowest BCUT2D eigenvalue weighted by molar-refractivity contribution is -0.171. The molecule has 0 atom stereocenters. The van der Waals surface area contributed by atoms with Crippen LogP contribution in [-0.2, 0) is 9.53 Å². The van der Waals surface area contributed by atoms with E-state index in [9.17, 15) is 4.79 Å². The molecule has 0 bridgehead atoms. The molecule has 0 aromatic heterocycles. The Hall–Kier alpha value is -0.790. The van der Waals surface area contributed by atoms with Crippen LogP contribution < -0.4 is 0 Å². The summed E-state index contributed by atoms with van der Waals surface area (Å²) in [5.41, 5.74) is -0.125. The Morgan fingerprint density at radius 1 is 1.38 bits per heavy atom. The SMILES string of the molecule is CC1(OC(=O)C2CC=CC2)CCC1. The van der Waals surface area contributed by atoms with Crippen molar-refractivity contribution in [2.75, 3.05) is 0 Å². The lowest BCUT2D eigenvalue weighted by Gasteiger charge is -2.38. The smallest absolute Gasteiger partial charge is 0.310 e. The van der Waals surface area contributed by atoms with Crippen LogP contribution in [0.5, 0.6) is 0 Å². The van der Waals surface area contributed by atoms with Crippen molar-refractivity contribution in [3.8, 4) is 0 Å². The number of esters is 1. The third kappa shape index (κ3) is 1.77. The van der Waals surface area contributed by atoms with Gasteiger partial charge in [0.1, 0.15) is 5.60 Å². The van der Waals surface area contributed by atoms with E-state index < -0.39 is 0 Å². The van der Waals surface area contributed by atoms with Crippen molar-refractivity contribution in [1.29, 1.82) is 0 Å². The predicted octanol–water partition coefficient (Wildman–Crippen LogP) is 2.44. The van der Waals surface area contributed by atoms with Crippen molar-refractivity contribution >= 4 is 5.97 Å². The van der Waals surface area contributed by atoms with Crippen molar-refractivity contribution in [1.82, 2.24) is 0 Å². The quantitative estimate of drug-likeness (QED) is 0.482. The lowest BCUT2D eigenvalue weighted by Crippen LogP contribution is -2.40. The van der Waals surface area contributed by atoms with Crippen LogP contribution in [0, 0.1) is 5.92 Å². The fourth-order valence-electron chi connectivity index (χ4n) is 1.91. The lowest BCUT2D eigenvalue weighted by atomic mass is 9.82. The summed E-state index contributed by atoms with van der Waals surface area (Å²) in [5, 5.41) is 0. The zero-order valence-electron chi connectivity index (χ0n) is 8.08. The van der Waals surface area contributed by atoms with Crippen molar-refractivity contribution in [3.05, 3.63) is 12.2 Å². The second-order valence-corrected chi connectivity index (χ2v) is 4.36. The van der Waals surface area contributed by atoms with Crippen molar-refractivity contribution in [3.63, 3.8) is 0 Å². The van der Waals surface area contributed by atoms with Gasteiger partial charge in [0.15, 0.2) is 0 Å². The number of hydrogen-bond acceptors (Lipinski definition) is 2. The molecule has 0 saturated heterocycles. The standard InChI is InChI=1S/C11H16O2/c1-11(7-4-8-11)13-10(12)9-5-2-3-6-9/h2-3,9H,4-8H2,1H3. The first-order valence-corrected chi connectivity index (χ1v) is 5.07. The fourth-order valence-corrected chi connectivity index (χ4v) is 1.91. The van der Waals surface area contributed by atoms with Crippen LogP contribution in [0.4, 0.5) is 0 Å². The topological polar surface area (TPSA) is 26.3 Å². The van der Waals surface area contributed by atoms with Gasteiger partial charge in [-0.1, -0.05) is 12.2 Å². The molecule has 2 rings (SSSR count). The zero-order valence-corrected chi connectivity index (χ0v) is 8.08. The molecule has 2 heteroatoms. The highest BCUT2D eigenvalue weighted by atomic mass is 16.6. The van der Waals surface area contributed by atoms with Gasteiger partial charge >= 0.3 is 5.97 Å². The highest BCUT2D eigenvalue weighted by molar-refractivity contribution is 5.74. The van der Waals surface area contributed by atoms with Crippen LogP contribution in [0.25, 0.3) is 0 Å². The number of rotatable bonds is 2. The molecule has 1 saturated carbocycles. The van der Waals surface area contributed by atoms with Gasteiger partial charge in [-0.05, 0) is 39.0 Å². The van der Waals surface area contributed by atoms with E-state index in [0.29, 0.717) is 0 Å². The normalized spacial score (nSPS) is 25.6. The van der Waals surface area contributed by atoms with E-state index in [-0.39, 0.29) is 17.5 Å². The van der Waals surface area contributed by atoms with Gasteiger partial charge in [0, 0.05) is 0 Å². The molecule has 0 heterocycles. The summed E-state index contributed by atoms with van der Waals surface area (Å²) < 4.78 is 5.48. The number of hydrogen-bond donors (Lipinski definition) is 0. The van der Waals surface area contributed by atoms with Crippen LogP contribution in [0.15, 0.2) is 12.2 Å². The first kappa shape index (κ1) is 8.79. The van der Waals surface area contributed by atoms with Crippen LogP contribution in [0.3, 0.4) is 0 Å². The molecule has 0 unspecified atom stereocenters. The maximum Gasteiger partial charge on any atom is 0.310 e. The summed E-state index contributed by atoms with van der Waals surface area (Å²) in [4.78, 5) is 11.6. The number of ether oxygens (including phenoxy) is 1. The maximum atomic E-state index is 11.6. The molecule has 72 valence electrons. The minimum absolute atomic E-state index is 0.00667. The summed E-state index contributed by atoms with van der Waals surface area (Å²) in [6.45, 7) is 2.04. The largest absolute Gasteiger partial charge is 0.459 e. The van der Waals surface area contributed by atoms with Gasteiger partial charge in [0.2, 0.25) is 0 Å². The molecule has 0 spiro atoms. The molecule has 0 N–H and O–H groups in total. The van der Waals surface area contributed by atoms with Crippen LogP contribution in [-0.4, -0.2) is 11.6 Å². The Morgan fingerprint density at radius 3 is 2.46 bits per heavy atom. The molecule has 2 nitrogen and oxygen atoms in total. The fraction of sp³-hybridized carbons (Fsp3) is 0.727. The Kier molecular flexibility index (Phi) is 2.14. The minimum atomic E-state index is -0.125. The Bertz CT molecular complexity index is 230. The number of allylic oxidation sites excluding steroid dienone is 2. The molecule has 13 heavy (non-hydrogen) atoms. The highest BCUT2D eigenvalue weighted by Gasteiger charge is 2.37. The van der Waals surface area contributed by atoms with E-state index in [0.717, 1.165) is 25.7 Å². The van der Waals surface area contributed by atoms with Gasteiger partial charge < -0.3 is 4.74 Å². The molecule has 1 fully saturated rings. The van der Waals surface area contributed by atoms with E-state index in [2.05, 4.69) is 12.2 Å². The van der Waals surface area contributed by atoms with Gasteiger partial charge in [-0.3, -0.25) is 4.79 Å². The van der Waals surface area contributed by atoms with Crippen LogP contribution in [0.2, 0.25) is 0 Å². The first-order chi connectivity index (χ1) is 6.20. The van der Waals surface area contributed by atoms with E-state index in [1.807, 2.05) is 6.92 Å². The maximum absolute atomic E-state index is 11.6. The summed E-state index contributed by atoms with van der Waals surface area (Å²) in [6.07, 6.45) is 9.15. The molecule has 0 radical (unpaired) electrons. The zero-order chi connectivity index (χ0) is 9.31.